The van der Waals surface area contributed by atoms with E-state index in [1.165, 1.54) is 32.4 Å². The minimum Gasteiger partial charge on any atom is -0.478 e. The normalized spacial score (nSPS) is 17.9. The zero-order chi connectivity index (χ0) is 27.9. The summed E-state index contributed by atoms with van der Waals surface area (Å²) in [5, 5.41) is 19.8. The molecule has 0 spiro atoms. The Balaban J connectivity index is 0.000000505. The van der Waals surface area contributed by atoms with Crippen LogP contribution in [-0.4, -0.2) is 71.9 Å². The number of aryl methyl sites for hydroxylation is 1. The van der Waals surface area contributed by atoms with Crippen molar-refractivity contribution >= 4 is 29.2 Å². The largest absolute Gasteiger partial charge is 0.490 e. The fraction of sp³-hybridized carbons (Fsp3) is 0.444. The van der Waals surface area contributed by atoms with Gasteiger partial charge in [-0.1, -0.05) is 17.7 Å². The molecule has 2 fully saturated rings. The van der Waals surface area contributed by atoms with Crippen molar-refractivity contribution in [3.05, 3.63) is 59.2 Å². The zero-order valence-corrected chi connectivity index (χ0v) is 21.1. The Morgan fingerprint density at radius 2 is 1.61 bits per heavy atom. The summed E-state index contributed by atoms with van der Waals surface area (Å²) >= 11 is 0. The van der Waals surface area contributed by atoms with Gasteiger partial charge in [-0.05, 0) is 81.9 Å². The first-order valence-corrected chi connectivity index (χ1v) is 12.5. The number of halogens is 3. The Morgan fingerprint density at radius 1 is 0.974 bits per heavy atom. The van der Waals surface area contributed by atoms with Crippen molar-refractivity contribution in [2.45, 2.75) is 38.8 Å². The Labute approximate surface area is 219 Å². The van der Waals surface area contributed by atoms with Crippen molar-refractivity contribution < 1.29 is 37.8 Å². The third-order valence-corrected chi connectivity index (χ3v) is 6.62. The first-order valence-electron chi connectivity index (χ1n) is 12.5. The fourth-order valence-corrected chi connectivity index (χ4v) is 4.73. The molecule has 0 bridgehead atoms. The van der Waals surface area contributed by atoms with Gasteiger partial charge in [0.1, 0.15) is 0 Å². The number of amides is 1. The standard InChI is InChI=1S/C25H31N3O3.C2HF3O2/c1-18-6-8-20(9-7-18)24(29)26-21-10-11-23(22(15-21)25(30)31)28-14-4-5-19(17-28)16-27-12-2-3-13-27;3-2(4,5)1(6)7/h6-11,15,19H,2-5,12-14,16-17H2,1H3,(H,26,29)(H,30,31);(H,6,7). The molecular formula is C27H32F3N3O5. The third-order valence-electron chi connectivity index (χ3n) is 6.62. The number of alkyl halides is 3. The maximum Gasteiger partial charge on any atom is 0.490 e. The molecule has 3 N–H and O–H groups in total. The molecule has 4 rings (SSSR count). The maximum atomic E-state index is 12.5. The highest BCUT2D eigenvalue weighted by atomic mass is 19.4. The van der Waals surface area contributed by atoms with Crippen LogP contribution in [0.4, 0.5) is 24.5 Å². The number of benzene rings is 2. The molecule has 0 aromatic heterocycles. The molecular weight excluding hydrogens is 503 g/mol. The molecule has 1 atom stereocenters. The van der Waals surface area contributed by atoms with E-state index in [9.17, 15) is 27.9 Å². The summed E-state index contributed by atoms with van der Waals surface area (Å²) < 4.78 is 31.7. The number of carboxylic acids is 2. The van der Waals surface area contributed by atoms with Crippen LogP contribution in [0, 0.1) is 12.8 Å². The minimum atomic E-state index is -5.08. The van der Waals surface area contributed by atoms with Crippen molar-refractivity contribution in [1.29, 1.82) is 0 Å². The summed E-state index contributed by atoms with van der Waals surface area (Å²) in [6, 6.07) is 12.5. The second kappa shape index (κ2) is 12.8. The number of anilines is 2. The van der Waals surface area contributed by atoms with Gasteiger partial charge < -0.3 is 25.3 Å². The lowest BCUT2D eigenvalue weighted by molar-refractivity contribution is -0.192. The molecule has 0 radical (unpaired) electrons. The molecule has 2 aromatic carbocycles. The van der Waals surface area contributed by atoms with E-state index in [-0.39, 0.29) is 11.5 Å². The van der Waals surface area contributed by atoms with Gasteiger partial charge in [0.05, 0.1) is 11.3 Å². The highest BCUT2D eigenvalue weighted by Gasteiger charge is 2.38. The van der Waals surface area contributed by atoms with Crippen LogP contribution in [0.2, 0.25) is 0 Å². The number of rotatable bonds is 6. The number of likely N-dealkylation sites (tertiary alicyclic amines) is 1. The predicted octanol–water partition coefficient (Wildman–Crippen LogP) is 4.89. The van der Waals surface area contributed by atoms with Crippen LogP contribution in [0.25, 0.3) is 0 Å². The molecule has 2 heterocycles. The van der Waals surface area contributed by atoms with Gasteiger partial charge >= 0.3 is 18.1 Å². The zero-order valence-electron chi connectivity index (χ0n) is 21.1. The van der Waals surface area contributed by atoms with Crippen LogP contribution in [0.3, 0.4) is 0 Å². The average molecular weight is 536 g/mol. The van der Waals surface area contributed by atoms with Crippen LogP contribution >= 0.6 is 0 Å². The monoisotopic (exact) mass is 535 g/mol. The lowest BCUT2D eigenvalue weighted by atomic mass is 9.96. The van der Waals surface area contributed by atoms with Crippen molar-refractivity contribution in [3.63, 3.8) is 0 Å². The second-order valence-corrected chi connectivity index (χ2v) is 9.62. The second-order valence-electron chi connectivity index (χ2n) is 9.62. The molecule has 2 aromatic rings. The number of aromatic carboxylic acids is 1. The summed E-state index contributed by atoms with van der Waals surface area (Å²) in [5.74, 6) is -3.40. The topological polar surface area (TPSA) is 110 Å². The fourth-order valence-electron chi connectivity index (χ4n) is 4.73. The molecule has 8 nitrogen and oxygen atoms in total. The number of hydrogen-bond donors (Lipinski definition) is 3. The van der Waals surface area contributed by atoms with Crippen molar-refractivity contribution in [2.24, 2.45) is 5.92 Å². The smallest absolute Gasteiger partial charge is 0.478 e. The molecule has 1 amide bonds. The van der Waals surface area contributed by atoms with Crippen LogP contribution in [0.5, 0.6) is 0 Å². The van der Waals surface area contributed by atoms with Gasteiger partial charge in [0.15, 0.2) is 0 Å². The molecule has 2 aliphatic heterocycles. The number of carboxylic acid groups (broad SMARTS) is 2. The van der Waals surface area contributed by atoms with E-state index in [4.69, 9.17) is 9.90 Å². The van der Waals surface area contributed by atoms with Gasteiger partial charge in [0.25, 0.3) is 5.91 Å². The minimum absolute atomic E-state index is 0.239. The van der Waals surface area contributed by atoms with Gasteiger partial charge in [-0.3, -0.25) is 4.79 Å². The molecule has 2 aliphatic rings. The van der Waals surface area contributed by atoms with Crippen molar-refractivity contribution in [3.8, 4) is 0 Å². The average Bonchev–Trinajstić information content (AvgIpc) is 3.37. The first-order chi connectivity index (χ1) is 17.9. The van der Waals surface area contributed by atoms with E-state index in [0.29, 0.717) is 17.2 Å². The summed E-state index contributed by atoms with van der Waals surface area (Å²) in [7, 11) is 0. The molecule has 38 heavy (non-hydrogen) atoms. The van der Waals surface area contributed by atoms with Gasteiger partial charge in [0.2, 0.25) is 0 Å². The van der Waals surface area contributed by atoms with E-state index in [2.05, 4.69) is 15.1 Å². The number of carbonyl (C=O) groups excluding carboxylic acids is 1. The summed E-state index contributed by atoms with van der Waals surface area (Å²) in [6.07, 6.45) is -0.242. The van der Waals surface area contributed by atoms with Crippen molar-refractivity contribution in [1.82, 2.24) is 4.90 Å². The first kappa shape index (κ1) is 29.0. The van der Waals surface area contributed by atoms with Gasteiger partial charge in [-0.2, -0.15) is 13.2 Å². The number of piperidine rings is 1. The van der Waals surface area contributed by atoms with Crippen LogP contribution in [-0.2, 0) is 4.79 Å². The summed E-state index contributed by atoms with van der Waals surface area (Å²) in [4.78, 5) is 38.2. The van der Waals surface area contributed by atoms with Gasteiger partial charge in [0, 0.05) is 30.9 Å². The van der Waals surface area contributed by atoms with E-state index in [0.717, 1.165) is 37.3 Å². The van der Waals surface area contributed by atoms with E-state index < -0.39 is 18.1 Å². The SMILES string of the molecule is Cc1ccc(C(=O)Nc2ccc(N3CCCC(CN4CCCC4)C3)c(C(=O)O)c2)cc1.O=C(O)C(F)(F)F. The van der Waals surface area contributed by atoms with Crippen LogP contribution in [0.15, 0.2) is 42.5 Å². The molecule has 0 saturated carbocycles. The Morgan fingerprint density at radius 3 is 2.18 bits per heavy atom. The quantitative estimate of drug-likeness (QED) is 0.483. The Hall–Kier alpha value is -3.60. The highest BCUT2D eigenvalue weighted by Crippen LogP contribution is 2.30. The number of nitrogens with one attached hydrogen (secondary N) is 1. The number of hydrogen-bond acceptors (Lipinski definition) is 5. The predicted molar refractivity (Wildman–Crippen MR) is 137 cm³/mol. The third kappa shape index (κ3) is 8.20. The van der Waals surface area contributed by atoms with Crippen LogP contribution in [0.1, 0.15) is 52.0 Å². The molecule has 2 saturated heterocycles. The lowest BCUT2D eigenvalue weighted by Crippen LogP contribution is -2.41. The molecule has 11 heteroatoms. The van der Waals surface area contributed by atoms with E-state index >= 15 is 0 Å². The van der Waals surface area contributed by atoms with E-state index in [1.54, 1.807) is 24.3 Å². The van der Waals surface area contributed by atoms with Crippen molar-refractivity contribution in [2.75, 3.05) is 42.9 Å². The van der Waals surface area contributed by atoms with Gasteiger partial charge in [-0.15, -0.1) is 0 Å². The molecule has 1 unspecified atom stereocenters. The lowest BCUT2D eigenvalue weighted by Gasteiger charge is -2.36. The number of carbonyl (C=O) groups is 3. The molecule has 0 aliphatic carbocycles. The van der Waals surface area contributed by atoms with E-state index in [1.807, 2.05) is 25.1 Å². The Bertz CT molecular complexity index is 1130. The number of aliphatic carboxylic acids is 1. The highest BCUT2D eigenvalue weighted by molar-refractivity contribution is 6.05. The molecule has 206 valence electrons. The Kier molecular flexibility index (Phi) is 9.73. The maximum absolute atomic E-state index is 12.5. The van der Waals surface area contributed by atoms with Crippen LogP contribution < -0.4 is 10.2 Å². The van der Waals surface area contributed by atoms with Gasteiger partial charge in [-0.25, -0.2) is 9.59 Å². The summed E-state index contributed by atoms with van der Waals surface area (Å²) in [5.41, 5.74) is 3.11. The number of nitrogens with zero attached hydrogens (tertiary/aromatic N) is 2. The summed E-state index contributed by atoms with van der Waals surface area (Å²) in [6.45, 7) is 7.19.